The Bertz CT molecular complexity index is 970. The van der Waals surface area contributed by atoms with Gasteiger partial charge < -0.3 is 20.3 Å². The van der Waals surface area contributed by atoms with Crippen molar-refractivity contribution in [3.05, 3.63) is 12.2 Å². The Hall–Kier alpha value is -1.40. The summed E-state index contributed by atoms with van der Waals surface area (Å²) in [4.78, 5) is 24.5. The molecule has 0 aromatic rings. The van der Waals surface area contributed by atoms with Crippen molar-refractivity contribution in [2.24, 2.45) is 0 Å². The van der Waals surface area contributed by atoms with E-state index in [0.717, 1.165) is 38.5 Å². The number of ether oxygens (including phenoxy) is 1. The van der Waals surface area contributed by atoms with Crippen LogP contribution >= 0.6 is 0 Å². The molecule has 2 unspecified atom stereocenters. The van der Waals surface area contributed by atoms with Crippen LogP contribution in [0.5, 0.6) is 0 Å². The number of hydrogen-bond donors (Lipinski definition) is 3. The molecule has 3 N–H and O–H groups in total. The molecule has 65 heavy (non-hydrogen) atoms. The van der Waals surface area contributed by atoms with Crippen LogP contribution in [0.3, 0.4) is 0 Å². The number of aliphatic hydroxyl groups excluding tert-OH is 2. The zero-order valence-electron chi connectivity index (χ0n) is 44.0. The highest BCUT2D eigenvalue weighted by atomic mass is 16.5. The average molecular weight is 919 g/mol. The van der Waals surface area contributed by atoms with Crippen LogP contribution < -0.4 is 5.32 Å². The number of carbonyl (C=O) groups excluding carboxylic acids is 2. The van der Waals surface area contributed by atoms with Gasteiger partial charge in [-0.25, -0.2) is 0 Å². The van der Waals surface area contributed by atoms with Crippen LogP contribution in [-0.4, -0.2) is 47.4 Å². The summed E-state index contributed by atoms with van der Waals surface area (Å²) in [5.74, 6) is -0.0355. The molecule has 0 aliphatic carbocycles. The van der Waals surface area contributed by atoms with Gasteiger partial charge in [0.1, 0.15) is 0 Å². The van der Waals surface area contributed by atoms with Gasteiger partial charge in [0.25, 0.3) is 0 Å². The van der Waals surface area contributed by atoms with E-state index in [9.17, 15) is 19.8 Å². The van der Waals surface area contributed by atoms with Crippen LogP contribution in [0.25, 0.3) is 0 Å². The van der Waals surface area contributed by atoms with Gasteiger partial charge in [-0.15, -0.1) is 0 Å². The van der Waals surface area contributed by atoms with Crippen molar-refractivity contribution in [1.29, 1.82) is 0 Å². The van der Waals surface area contributed by atoms with Crippen LogP contribution in [-0.2, 0) is 14.3 Å². The molecule has 0 aliphatic heterocycles. The van der Waals surface area contributed by atoms with Crippen LogP contribution in [0.1, 0.15) is 328 Å². The average Bonchev–Trinajstić information content (AvgIpc) is 3.31. The first-order chi connectivity index (χ1) is 32.0. The first-order valence-corrected chi connectivity index (χ1v) is 29.4. The van der Waals surface area contributed by atoms with Crippen LogP contribution in [0.4, 0.5) is 0 Å². The predicted octanol–water partition coefficient (Wildman–Crippen LogP) is 18.1. The summed E-state index contributed by atoms with van der Waals surface area (Å²) >= 11 is 0. The highest BCUT2D eigenvalue weighted by molar-refractivity contribution is 5.76. The van der Waals surface area contributed by atoms with E-state index in [1.807, 2.05) is 0 Å². The molecule has 6 heteroatoms. The van der Waals surface area contributed by atoms with Crippen molar-refractivity contribution in [3.63, 3.8) is 0 Å². The molecule has 0 fully saturated rings. The van der Waals surface area contributed by atoms with E-state index >= 15 is 0 Å². The van der Waals surface area contributed by atoms with Gasteiger partial charge >= 0.3 is 5.97 Å². The Morgan fingerprint density at radius 2 is 0.723 bits per heavy atom. The number of hydrogen-bond acceptors (Lipinski definition) is 5. The number of carbonyl (C=O) groups is 2. The monoisotopic (exact) mass is 918 g/mol. The quantitative estimate of drug-likeness (QED) is 0.0321. The molecule has 0 aliphatic rings. The van der Waals surface area contributed by atoms with Gasteiger partial charge in [-0.2, -0.15) is 0 Å². The first kappa shape index (κ1) is 63.6. The molecule has 6 nitrogen and oxygen atoms in total. The molecule has 0 aromatic carbocycles. The fourth-order valence-corrected chi connectivity index (χ4v) is 9.28. The lowest BCUT2D eigenvalue weighted by Gasteiger charge is -2.22. The van der Waals surface area contributed by atoms with Gasteiger partial charge in [-0.1, -0.05) is 276 Å². The Kier molecular flexibility index (Phi) is 54.0. The molecule has 0 saturated heterocycles. The minimum atomic E-state index is -0.668. The van der Waals surface area contributed by atoms with Crippen molar-refractivity contribution in [2.75, 3.05) is 13.2 Å². The second-order valence-electron chi connectivity index (χ2n) is 20.3. The molecule has 0 bridgehead atoms. The lowest BCUT2D eigenvalue weighted by molar-refractivity contribution is -0.143. The summed E-state index contributed by atoms with van der Waals surface area (Å²) in [5.41, 5.74) is 0. The fraction of sp³-hybridized carbons (Fsp3) is 0.932. The summed E-state index contributed by atoms with van der Waals surface area (Å²) in [5, 5.41) is 23.2. The molecule has 1 amide bonds. The summed E-state index contributed by atoms with van der Waals surface area (Å²) in [6, 6.07) is -0.547. The highest BCUT2D eigenvalue weighted by Crippen LogP contribution is 2.17. The van der Waals surface area contributed by atoms with Crippen molar-refractivity contribution in [1.82, 2.24) is 5.32 Å². The number of unbranched alkanes of at least 4 members (excludes halogenated alkanes) is 42. The van der Waals surface area contributed by atoms with Crippen molar-refractivity contribution in [2.45, 2.75) is 341 Å². The summed E-state index contributed by atoms with van der Waals surface area (Å²) in [6.45, 7) is 4.96. The molecule has 0 saturated carbocycles. The van der Waals surface area contributed by atoms with Crippen molar-refractivity contribution in [3.8, 4) is 0 Å². The number of rotatable bonds is 55. The zero-order chi connectivity index (χ0) is 47.2. The topological polar surface area (TPSA) is 95.9 Å². The van der Waals surface area contributed by atoms with Gasteiger partial charge in [0, 0.05) is 12.8 Å². The maximum Gasteiger partial charge on any atom is 0.305 e. The molecule has 0 rings (SSSR count). The second-order valence-corrected chi connectivity index (χ2v) is 20.3. The molecular weight excluding hydrogens is 803 g/mol. The van der Waals surface area contributed by atoms with E-state index in [-0.39, 0.29) is 18.5 Å². The van der Waals surface area contributed by atoms with E-state index in [1.54, 1.807) is 0 Å². The largest absolute Gasteiger partial charge is 0.466 e. The van der Waals surface area contributed by atoms with Gasteiger partial charge in [0.2, 0.25) is 5.91 Å². The third-order valence-electron chi connectivity index (χ3n) is 13.8. The number of aliphatic hydroxyl groups is 2. The van der Waals surface area contributed by atoms with Gasteiger partial charge in [-0.3, -0.25) is 9.59 Å². The van der Waals surface area contributed by atoms with Gasteiger partial charge in [0.05, 0.1) is 25.4 Å². The molecule has 0 spiro atoms. The van der Waals surface area contributed by atoms with Crippen molar-refractivity contribution < 1.29 is 24.5 Å². The van der Waals surface area contributed by atoms with E-state index in [1.165, 1.54) is 257 Å². The van der Waals surface area contributed by atoms with E-state index in [4.69, 9.17) is 4.74 Å². The predicted molar refractivity (Wildman–Crippen MR) is 283 cm³/mol. The van der Waals surface area contributed by atoms with Crippen LogP contribution in [0.15, 0.2) is 12.2 Å². The summed E-state index contributed by atoms with van der Waals surface area (Å²) < 4.78 is 5.49. The lowest BCUT2D eigenvalue weighted by atomic mass is 10.0. The lowest BCUT2D eigenvalue weighted by Crippen LogP contribution is -2.45. The standard InChI is InChI=1S/C59H115NO5/c1-3-5-7-9-11-13-15-17-18-22-26-29-33-37-41-45-49-53-59(64)65-54-50-46-42-38-34-30-27-24-21-19-20-23-25-28-32-36-40-44-48-52-58(63)60-56(55-61)57(62)51-47-43-39-35-31-16-14-12-10-8-6-4-2/h19-20,56-57,61-62H,3-18,21-55H2,1-2H3,(H,60,63)/b20-19-. The van der Waals surface area contributed by atoms with Crippen molar-refractivity contribution >= 4 is 11.9 Å². The maximum atomic E-state index is 12.4. The smallest absolute Gasteiger partial charge is 0.305 e. The number of amides is 1. The normalized spacial score (nSPS) is 12.6. The molecule has 0 aromatic heterocycles. The number of esters is 1. The van der Waals surface area contributed by atoms with E-state index < -0.39 is 12.1 Å². The SMILES string of the molecule is CCCCCCCCCCCCCCCCCCCC(=O)OCCCCCCCCCC/C=C\CCCCCCCCCC(=O)NC(CO)C(O)CCCCCCCCCCCCCC. The third-order valence-corrected chi connectivity index (χ3v) is 13.8. The summed E-state index contributed by atoms with van der Waals surface area (Å²) in [7, 11) is 0. The summed E-state index contributed by atoms with van der Waals surface area (Å²) in [6.07, 6.45) is 64.9. The fourth-order valence-electron chi connectivity index (χ4n) is 9.28. The van der Waals surface area contributed by atoms with Gasteiger partial charge in [-0.05, 0) is 51.4 Å². The Morgan fingerprint density at radius 1 is 0.415 bits per heavy atom. The van der Waals surface area contributed by atoms with E-state index in [2.05, 4.69) is 31.3 Å². The minimum absolute atomic E-state index is 0.00834. The minimum Gasteiger partial charge on any atom is -0.466 e. The highest BCUT2D eigenvalue weighted by Gasteiger charge is 2.20. The van der Waals surface area contributed by atoms with Gasteiger partial charge in [0.15, 0.2) is 0 Å². The third kappa shape index (κ3) is 51.8. The Morgan fingerprint density at radius 3 is 1.09 bits per heavy atom. The van der Waals surface area contributed by atoms with E-state index in [0.29, 0.717) is 25.9 Å². The second kappa shape index (κ2) is 55.2. The molecule has 386 valence electrons. The number of allylic oxidation sites excluding steroid dienone is 2. The van der Waals surface area contributed by atoms with Crippen LogP contribution in [0, 0.1) is 0 Å². The Balaban J connectivity index is 3.40. The molecule has 0 radical (unpaired) electrons. The number of nitrogens with one attached hydrogen (secondary N) is 1. The maximum absolute atomic E-state index is 12.4. The first-order valence-electron chi connectivity index (χ1n) is 29.4. The molecule has 2 atom stereocenters. The molecular formula is C59H115NO5. The van der Waals surface area contributed by atoms with Crippen LogP contribution in [0.2, 0.25) is 0 Å². The molecule has 0 heterocycles. The Labute approximate surface area is 406 Å². The zero-order valence-corrected chi connectivity index (χ0v) is 44.0.